The van der Waals surface area contributed by atoms with Crippen molar-refractivity contribution in [2.45, 2.75) is 11.3 Å². The molecule has 2 heterocycles. The van der Waals surface area contributed by atoms with Gasteiger partial charge in [-0.2, -0.15) is 0 Å². The zero-order valence-electron chi connectivity index (χ0n) is 11.3. The van der Waals surface area contributed by atoms with Crippen molar-refractivity contribution in [3.05, 3.63) is 52.9 Å². The molecule has 2 aliphatic rings. The average molecular weight is 295 g/mol. The zero-order chi connectivity index (χ0) is 14.2. The summed E-state index contributed by atoms with van der Waals surface area (Å²) in [6.07, 6.45) is 1.12. The molecule has 5 heteroatoms. The van der Waals surface area contributed by atoms with Crippen LogP contribution in [0.3, 0.4) is 0 Å². The van der Waals surface area contributed by atoms with Crippen LogP contribution in [0.2, 0.25) is 0 Å². The van der Waals surface area contributed by atoms with Crippen molar-refractivity contribution < 1.29 is 0 Å². The smallest absolute Gasteiger partial charge is 0.142 e. The summed E-state index contributed by atoms with van der Waals surface area (Å²) in [5.74, 6) is 1.12. The lowest BCUT2D eigenvalue weighted by atomic mass is 10.0. The van der Waals surface area contributed by atoms with Crippen molar-refractivity contribution in [2.75, 3.05) is 13.1 Å². The van der Waals surface area contributed by atoms with E-state index in [1.54, 1.807) is 24.1 Å². The largest absolute Gasteiger partial charge is 0.296 e. The van der Waals surface area contributed by atoms with Crippen LogP contribution < -0.4 is 0 Å². The highest BCUT2D eigenvalue weighted by Gasteiger charge is 2.28. The van der Waals surface area contributed by atoms with Gasteiger partial charge in [0.15, 0.2) is 0 Å². The summed E-state index contributed by atoms with van der Waals surface area (Å²) in [5, 5.41) is 2.94. The second-order valence-electron chi connectivity index (χ2n) is 5.10. The summed E-state index contributed by atoms with van der Waals surface area (Å²) in [6.45, 7) is 1.99. The van der Waals surface area contributed by atoms with Crippen molar-refractivity contribution >= 4 is 23.5 Å². The molecule has 0 unspecified atom stereocenters. The minimum Gasteiger partial charge on any atom is -0.296 e. The molecule has 0 atom stereocenters. The van der Waals surface area contributed by atoms with E-state index in [4.69, 9.17) is 0 Å². The Kier molecular flexibility index (Phi) is 3.00. The van der Waals surface area contributed by atoms with Gasteiger partial charge >= 0.3 is 0 Å². The molecule has 0 N–H and O–H groups in total. The number of nitrogens with zero attached hydrogens (tertiary/aromatic N) is 3. The predicted molar refractivity (Wildman–Crippen MR) is 85.9 cm³/mol. The molecule has 2 aliphatic heterocycles. The van der Waals surface area contributed by atoms with Crippen LogP contribution in [0.4, 0.5) is 5.69 Å². The van der Waals surface area contributed by atoms with E-state index in [-0.39, 0.29) is 0 Å². The Hall–Kier alpha value is -2.14. The van der Waals surface area contributed by atoms with Gasteiger partial charge in [0, 0.05) is 23.5 Å². The maximum atomic E-state index is 10.5. The minimum atomic E-state index is 0.459. The zero-order valence-corrected chi connectivity index (χ0v) is 12.1. The molecule has 104 valence electrons. The number of hydrogen-bond acceptors (Lipinski definition) is 5. The summed E-state index contributed by atoms with van der Waals surface area (Å²) >= 11 is 1.77. The quantitative estimate of drug-likeness (QED) is 0.615. The molecule has 0 amide bonds. The first-order valence-corrected chi connectivity index (χ1v) is 7.71. The third-order valence-electron chi connectivity index (χ3n) is 3.75. The van der Waals surface area contributed by atoms with Crippen LogP contribution in [-0.2, 0) is 0 Å². The molecule has 2 aromatic rings. The van der Waals surface area contributed by atoms with Crippen LogP contribution in [0.1, 0.15) is 12.0 Å². The van der Waals surface area contributed by atoms with E-state index in [9.17, 15) is 4.91 Å². The molecule has 0 saturated carbocycles. The number of amidine groups is 1. The summed E-state index contributed by atoms with van der Waals surface area (Å²) in [4.78, 5) is 16.4. The standard InChI is InChI=1S/C16H13N3OS/c20-18-13-5-2-11(3-6-13)12-4-7-14-15(10-12)21-19-9-1-8-17-16(14)19/h2-7,10H,1,8-9H2. The van der Waals surface area contributed by atoms with Gasteiger partial charge in [0.05, 0.1) is 0 Å². The molecule has 0 spiro atoms. The van der Waals surface area contributed by atoms with Gasteiger partial charge < -0.3 is 0 Å². The number of hydrogen-bond donors (Lipinski definition) is 0. The Labute approximate surface area is 127 Å². The van der Waals surface area contributed by atoms with Gasteiger partial charge in [0.2, 0.25) is 0 Å². The Morgan fingerprint density at radius 3 is 2.71 bits per heavy atom. The van der Waals surface area contributed by atoms with E-state index in [1.165, 1.54) is 10.5 Å². The highest BCUT2D eigenvalue weighted by molar-refractivity contribution is 7.98. The third-order valence-corrected chi connectivity index (χ3v) is 4.86. The summed E-state index contributed by atoms with van der Waals surface area (Å²) in [5.41, 5.74) is 3.94. The van der Waals surface area contributed by atoms with Crippen molar-refractivity contribution in [3.63, 3.8) is 0 Å². The van der Waals surface area contributed by atoms with Crippen molar-refractivity contribution in [2.24, 2.45) is 10.2 Å². The minimum absolute atomic E-state index is 0.459. The van der Waals surface area contributed by atoms with E-state index in [0.717, 1.165) is 36.5 Å². The highest BCUT2D eigenvalue weighted by atomic mass is 32.2. The van der Waals surface area contributed by atoms with Crippen LogP contribution >= 0.6 is 11.9 Å². The Morgan fingerprint density at radius 2 is 1.90 bits per heavy atom. The number of nitroso groups, excluding NO2 is 1. The molecule has 0 bridgehead atoms. The SMILES string of the molecule is O=Nc1ccc(-c2ccc3c(c2)SN2CCCN=C32)cc1. The molecule has 0 radical (unpaired) electrons. The Morgan fingerprint density at radius 1 is 1.10 bits per heavy atom. The van der Waals surface area contributed by atoms with E-state index >= 15 is 0 Å². The number of rotatable bonds is 2. The van der Waals surface area contributed by atoms with Crippen LogP contribution in [-0.4, -0.2) is 23.2 Å². The third kappa shape index (κ3) is 2.14. The first kappa shape index (κ1) is 12.6. The molecule has 0 fully saturated rings. The molecular weight excluding hydrogens is 282 g/mol. The van der Waals surface area contributed by atoms with Crippen molar-refractivity contribution in [1.82, 2.24) is 4.31 Å². The molecule has 4 rings (SSSR count). The predicted octanol–water partition coefficient (Wildman–Crippen LogP) is 4.22. The molecule has 4 nitrogen and oxygen atoms in total. The van der Waals surface area contributed by atoms with Gasteiger partial charge in [0.1, 0.15) is 11.5 Å². The van der Waals surface area contributed by atoms with Crippen molar-refractivity contribution in [3.8, 4) is 11.1 Å². The van der Waals surface area contributed by atoms with Gasteiger partial charge in [-0.1, -0.05) is 18.2 Å². The Balaban J connectivity index is 1.72. The molecule has 0 aliphatic carbocycles. The second-order valence-corrected chi connectivity index (χ2v) is 6.16. The van der Waals surface area contributed by atoms with Crippen LogP contribution in [0.5, 0.6) is 0 Å². The maximum Gasteiger partial charge on any atom is 0.142 e. The van der Waals surface area contributed by atoms with Crippen LogP contribution in [0, 0.1) is 4.91 Å². The summed E-state index contributed by atoms with van der Waals surface area (Å²) in [7, 11) is 0. The molecule has 21 heavy (non-hydrogen) atoms. The first-order valence-electron chi connectivity index (χ1n) is 6.93. The van der Waals surface area contributed by atoms with Gasteiger partial charge in [-0.25, -0.2) is 0 Å². The van der Waals surface area contributed by atoms with Gasteiger partial charge in [-0.05, 0) is 58.9 Å². The monoisotopic (exact) mass is 295 g/mol. The van der Waals surface area contributed by atoms with Crippen LogP contribution in [0.25, 0.3) is 11.1 Å². The number of aliphatic imine (C=N–C) groups is 1. The number of fused-ring (bicyclic) bond motifs is 3. The highest BCUT2D eigenvalue weighted by Crippen LogP contribution is 2.40. The Bertz CT molecular complexity index is 740. The lowest BCUT2D eigenvalue weighted by Crippen LogP contribution is -2.26. The molecule has 0 aromatic heterocycles. The average Bonchev–Trinajstić information content (AvgIpc) is 2.92. The fourth-order valence-corrected chi connectivity index (χ4v) is 3.83. The fourth-order valence-electron chi connectivity index (χ4n) is 2.69. The topological polar surface area (TPSA) is 45.0 Å². The summed E-state index contributed by atoms with van der Waals surface area (Å²) < 4.78 is 2.28. The van der Waals surface area contributed by atoms with Crippen molar-refractivity contribution in [1.29, 1.82) is 0 Å². The fraction of sp³-hybridized carbons (Fsp3) is 0.188. The number of benzene rings is 2. The lowest BCUT2D eigenvalue weighted by Gasteiger charge is -2.20. The molecular formula is C16H13N3OS. The summed E-state index contributed by atoms with van der Waals surface area (Å²) in [6, 6.07) is 13.8. The first-order chi connectivity index (χ1) is 10.3. The normalized spacial score (nSPS) is 16.2. The van der Waals surface area contributed by atoms with E-state index in [2.05, 4.69) is 32.7 Å². The van der Waals surface area contributed by atoms with Gasteiger partial charge in [-0.3, -0.25) is 9.30 Å². The lowest BCUT2D eigenvalue weighted by molar-refractivity contribution is 0.603. The van der Waals surface area contributed by atoms with E-state index in [0.29, 0.717) is 5.69 Å². The van der Waals surface area contributed by atoms with Gasteiger partial charge in [-0.15, -0.1) is 4.91 Å². The van der Waals surface area contributed by atoms with Gasteiger partial charge in [0.25, 0.3) is 0 Å². The van der Waals surface area contributed by atoms with Crippen LogP contribution in [0.15, 0.2) is 57.5 Å². The van der Waals surface area contributed by atoms with E-state index in [1.807, 2.05) is 12.1 Å². The molecule has 2 aromatic carbocycles. The second kappa shape index (κ2) is 5.00. The maximum absolute atomic E-state index is 10.5. The molecule has 0 saturated heterocycles. The van der Waals surface area contributed by atoms with E-state index < -0.39 is 0 Å².